The maximum atomic E-state index is 5.51. The largest absolute Gasteiger partial charge is 0.330 e. The molecule has 0 aromatic carbocycles. The fourth-order valence-electron chi connectivity index (χ4n) is 1.58. The Labute approximate surface area is 113 Å². The van der Waals surface area contributed by atoms with Crippen LogP contribution >= 0.6 is 27.3 Å². The van der Waals surface area contributed by atoms with Crippen LogP contribution in [0.3, 0.4) is 0 Å². The molecular weight excluding hydrogens is 298 g/mol. The van der Waals surface area contributed by atoms with Crippen LogP contribution in [0, 0.1) is 6.92 Å². The third-order valence-electron chi connectivity index (χ3n) is 2.33. The summed E-state index contributed by atoms with van der Waals surface area (Å²) < 4.78 is 1.12. The first-order valence-corrected chi connectivity index (χ1v) is 7.10. The topological polar surface area (TPSA) is 51.8 Å². The zero-order valence-electron chi connectivity index (χ0n) is 9.61. The molecule has 2 aromatic rings. The molecule has 2 rings (SSSR count). The van der Waals surface area contributed by atoms with Crippen LogP contribution in [0.1, 0.15) is 17.9 Å². The SMILES string of the molecule is Cc1cc(-c2ccc(Br)s2)nc(CCCN)n1. The molecular formula is C12H14BrN3S. The molecule has 0 amide bonds. The Balaban J connectivity index is 2.31. The molecule has 2 heterocycles. The molecule has 2 aromatic heterocycles. The van der Waals surface area contributed by atoms with Gasteiger partial charge in [0.05, 0.1) is 14.4 Å². The molecule has 0 bridgehead atoms. The van der Waals surface area contributed by atoms with Gasteiger partial charge in [0, 0.05) is 12.1 Å². The zero-order valence-corrected chi connectivity index (χ0v) is 12.0. The van der Waals surface area contributed by atoms with Crippen molar-refractivity contribution in [2.24, 2.45) is 5.73 Å². The van der Waals surface area contributed by atoms with E-state index in [1.54, 1.807) is 11.3 Å². The Morgan fingerprint density at radius 3 is 2.82 bits per heavy atom. The normalized spacial score (nSPS) is 10.8. The molecule has 3 nitrogen and oxygen atoms in total. The van der Waals surface area contributed by atoms with Gasteiger partial charge in [0.15, 0.2) is 0 Å². The van der Waals surface area contributed by atoms with Gasteiger partial charge in [-0.25, -0.2) is 9.97 Å². The molecule has 90 valence electrons. The van der Waals surface area contributed by atoms with Gasteiger partial charge >= 0.3 is 0 Å². The summed E-state index contributed by atoms with van der Waals surface area (Å²) in [5.41, 5.74) is 7.51. The van der Waals surface area contributed by atoms with Crippen LogP contribution in [0.25, 0.3) is 10.6 Å². The predicted octanol–water partition coefficient (Wildman–Crippen LogP) is 3.17. The predicted molar refractivity (Wildman–Crippen MR) is 75.2 cm³/mol. The van der Waals surface area contributed by atoms with Gasteiger partial charge in [-0.1, -0.05) is 0 Å². The maximum absolute atomic E-state index is 5.51. The summed E-state index contributed by atoms with van der Waals surface area (Å²) in [7, 11) is 0. The highest BCUT2D eigenvalue weighted by molar-refractivity contribution is 9.11. The fourth-order valence-corrected chi connectivity index (χ4v) is 2.93. The molecule has 0 saturated carbocycles. The van der Waals surface area contributed by atoms with Crippen molar-refractivity contribution in [2.75, 3.05) is 6.54 Å². The summed E-state index contributed by atoms with van der Waals surface area (Å²) in [6.45, 7) is 2.68. The van der Waals surface area contributed by atoms with Crippen molar-refractivity contribution in [1.82, 2.24) is 9.97 Å². The van der Waals surface area contributed by atoms with Gasteiger partial charge in [-0.3, -0.25) is 0 Å². The van der Waals surface area contributed by atoms with E-state index in [1.807, 2.05) is 19.1 Å². The summed E-state index contributed by atoms with van der Waals surface area (Å²) in [4.78, 5) is 10.2. The average molecular weight is 312 g/mol. The third-order valence-corrected chi connectivity index (χ3v) is 3.98. The second-order valence-corrected chi connectivity index (χ2v) is 6.27. The second kappa shape index (κ2) is 5.71. The van der Waals surface area contributed by atoms with Gasteiger partial charge in [-0.15, -0.1) is 11.3 Å². The number of nitrogens with zero attached hydrogens (tertiary/aromatic N) is 2. The average Bonchev–Trinajstić information content (AvgIpc) is 2.72. The van der Waals surface area contributed by atoms with E-state index in [0.29, 0.717) is 6.54 Å². The molecule has 0 atom stereocenters. The van der Waals surface area contributed by atoms with Crippen LogP contribution in [0.2, 0.25) is 0 Å². The van der Waals surface area contributed by atoms with E-state index < -0.39 is 0 Å². The van der Waals surface area contributed by atoms with Crippen molar-refractivity contribution in [2.45, 2.75) is 19.8 Å². The summed E-state index contributed by atoms with van der Waals surface area (Å²) >= 11 is 5.15. The Hall–Kier alpha value is -0.780. The number of nitrogens with two attached hydrogens (primary N) is 1. The Morgan fingerprint density at radius 2 is 2.18 bits per heavy atom. The number of aromatic nitrogens is 2. The van der Waals surface area contributed by atoms with E-state index in [1.165, 1.54) is 0 Å². The molecule has 5 heteroatoms. The first-order chi connectivity index (χ1) is 8.19. The third kappa shape index (κ3) is 3.34. The van der Waals surface area contributed by atoms with E-state index in [0.717, 1.165) is 38.7 Å². The lowest BCUT2D eigenvalue weighted by atomic mass is 10.2. The van der Waals surface area contributed by atoms with Gasteiger partial charge < -0.3 is 5.73 Å². The summed E-state index contributed by atoms with van der Waals surface area (Å²) in [5, 5.41) is 0. The molecule has 0 aliphatic carbocycles. The van der Waals surface area contributed by atoms with E-state index in [-0.39, 0.29) is 0 Å². The first-order valence-electron chi connectivity index (χ1n) is 5.49. The fraction of sp³-hybridized carbons (Fsp3) is 0.333. The quantitative estimate of drug-likeness (QED) is 0.943. The smallest absolute Gasteiger partial charge is 0.129 e. The van der Waals surface area contributed by atoms with Crippen LogP contribution in [0.5, 0.6) is 0 Å². The molecule has 17 heavy (non-hydrogen) atoms. The standard InChI is InChI=1S/C12H14BrN3S/c1-8-7-9(10-4-5-11(13)17-10)16-12(15-8)3-2-6-14/h4-5,7H,2-3,6,14H2,1H3. The summed E-state index contributed by atoms with van der Waals surface area (Å²) in [6, 6.07) is 6.13. The van der Waals surface area contributed by atoms with Crippen LogP contribution in [-0.4, -0.2) is 16.5 Å². The lowest BCUT2D eigenvalue weighted by Gasteiger charge is -2.03. The molecule has 0 unspecified atom stereocenters. The number of hydrogen-bond donors (Lipinski definition) is 1. The van der Waals surface area contributed by atoms with Crippen molar-refractivity contribution < 1.29 is 0 Å². The van der Waals surface area contributed by atoms with Crippen molar-refractivity contribution in [3.05, 3.63) is 33.5 Å². The maximum Gasteiger partial charge on any atom is 0.129 e. The molecule has 0 saturated heterocycles. The van der Waals surface area contributed by atoms with E-state index in [4.69, 9.17) is 5.73 Å². The molecule has 2 N–H and O–H groups in total. The van der Waals surface area contributed by atoms with Crippen molar-refractivity contribution >= 4 is 27.3 Å². The molecule has 0 aliphatic heterocycles. The monoisotopic (exact) mass is 311 g/mol. The van der Waals surface area contributed by atoms with Gasteiger partial charge in [0.2, 0.25) is 0 Å². The van der Waals surface area contributed by atoms with E-state index in [2.05, 4.69) is 32.0 Å². The molecule has 0 fully saturated rings. The van der Waals surface area contributed by atoms with Gasteiger partial charge in [-0.05, 0) is 54.0 Å². The van der Waals surface area contributed by atoms with Crippen LogP contribution in [-0.2, 0) is 6.42 Å². The lowest BCUT2D eigenvalue weighted by Crippen LogP contribution is -2.04. The number of hydrogen-bond acceptors (Lipinski definition) is 4. The van der Waals surface area contributed by atoms with Crippen molar-refractivity contribution in [1.29, 1.82) is 0 Å². The minimum atomic E-state index is 0.678. The van der Waals surface area contributed by atoms with Crippen LogP contribution in [0.4, 0.5) is 0 Å². The van der Waals surface area contributed by atoms with E-state index >= 15 is 0 Å². The van der Waals surface area contributed by atoms with Crippen molar-refractivity contribution in [3.63, 3.8) is 0 Å². The molecule has 0 radical (unpaired) electrons. The highest BCUT2D eigenvalue weighted by atomic mass is 79.9. The first kappa shape index (κ1) is 12.7. The Kier molecular flexibility index (Phi) is 4.25. The Morgan fingerprint density at radius 1 is 1.35 bits per heavy atom. The van der Waals surface area contributed by atoms with Gasteiger partial charge in [0.1, 0.15) is 5.82 Å². The van der Waals surface area contributed by atoms with Crippen LogP contribution in [0.15, 0.2) is 22.0 Å². The zero-order chi connectivity index (χ0) is 12.3. The highest BCUT2D eigenvalue weighted by Crippen LogP contribution is 2.30. The number of halogens is 1. The minimum Gasteiger partial charge on any atom is -0.330 e. The second-order valence-electron chi connectivity index (χ2n) is 3.81. The highest BCUT2D eigenvalue weighted by Gasteiger charge is 2.06. The number of thiophene rings is 1. The van der Waals surface area contributed by atoms with Gasteiger partial charge in [-0.2, -0.15) is 0 Å². The summed E-state index contributed by atoms with van der Waals surface area (Å²) in [6.07, 6.45) is 1.77. The summed E-state index contributed by atoms with van der Waals surface area (Å²) in [5.74, 6) is 0.884. The number of rotatable bonds is 4. The lowest BCUT2D eigenvalue weighted by molar-refractivity contribution is 0.777. The number of aryl methyl sites for hydroxylation is 2. The van der Waals surface area contributed by atoms with E-state index in [9.17, 15) is 0 Å². The van der Waals surface area contributed by atoms with Crippen molar-refractivity contribution in [3.8, 4) is 10.6 Å². The van der Waals surface area contributed by atoms with Gasteiger partial charge in [0.25, 0.3) is 0 Å². The van der Waals surface area contributed by atoms with Crippen LogP contribution < -0.4 is 5.73 Å². The minimum absolute atomic E-state index is 0.678. The molecule has 0 spiro atoms. The Bertz CT molecular complexity index is 510. The molecule has 0 aliphatic rings.